The maximum atomic E-state index is 10.8. The Hall–Kier alpha value is -3.09. The van der Waals surface area contributed by atoms with Crippen LogP contribution >= 0.6 is 0 Å². The maximum absolute atomic E-state index is 10.8. The first-order chi connectivity index (χ1) is 16.5. The number of hydrazone groups is 1. The highest BCUT2D eigenvalue weighted by Crippen LogP contribution is 2.26. The molecule has 0 aliphatic heterocycles. The molecule has 0 saturated carbocycles. The summed E-state index contributed by atoms with van der Waals surface area (Å²) in [5, 5.41) is 25.6. The van der Waals surface area contributed by atoms with Crippen LogP contribution in [0.2, 0.25) is 0 Å². The van der Waals surface area contributed by atoms with Crippen molar-refractivity contribution in [3.63, 3.8) is 0 Å². The Morgan fingerprint density at radius 2 is 1.56 bits per heavy atom. The molecule has 0 amide bonds. The molecule has 7 nitrogen and oxygen atoms in total. The fourth-order valence-electron chi connectivity index (χ4n) is 3.74. The number of phenolic OH excluding ortho intramolecular Hbond substituents is 1. The lowest BCUT2D eigenvalue weighted by Crippen LogP contribution is -2.04. The average Bonchev–Trinajstić information content (AvgIpc) is 2.84. The van der Waals surface area contributed by atoms with Gasteiger partial charge in [-0.05, 0) is 37.1 Å². The molecular formula is C27H39N3O4. The number of unbranched alkanes of at least 4 members (excludes halogenated alkanes) is 9. The van der Waals surface area contributed by atoms with Crippen molar-refractivity contribution in [3.8, 4) is 11.5 Å². The van der Waals surface area contributed by atoms with Gasteiger partial charge in [0.2, 0.25) is 0 Å². The lowest BCUT2D eigenvalue weighted by molar-refractivity contribution is -0.384. The van der Waals surface area contributed by atoms with Gasteiger partial charge in [0, 0.05) is 23.8 Å². The Morgan fingerprint density at radius 1 is 0.941 bits per heavy atom. The number of aromatic hydroxyl groups is 1. The van der Waals surface area contributed by atoms with Crippen LogP contribution in [-0.2, 0) is 0 Å². The highest BCUT2D eigenvalue weighted by atomic mass is 16.6. The summed E-state index contributed by atoms with van der Waals surface area (Å²) >= 11 is 0. The third-order valence-corrected chi connectivity index (χ3v) is 5.78. The molecule has 186 valence electrons. The van der Waals surface area contributed by atoms with Crippen molar-refractivity contribution >= 4 is 17.1 Å². The Bertz CT molecular complexity index is 897. The minimum absolute atomic E-state index is 0.0243. The van der Waals surface area contributed by atoms with E-state index < -0.39 is 4.92 Å². The van der Waals surface area contributed by atoms with Crippen LogP contribution in [0.4, 0.5) is 11.4 Å². The van der Waals surface area contributed by atoms with Gasteiger partial charge in [-0.2, -0.15) is 5.10 Å². The molecule has 0 fully saturated rings. The lowest BCUT2D eigenvalue weighted by Gasteiger charge is -2.11. The predicted octanol–water partition coefficient (Wildman–Crippen LogP) is 7.83. The lowest BCUT2D eigenvalue weighted by atomic mass is 10.1. The van der Waals surface area contributed by atoms with E-state index in [9.17, 15) is 15.2 Å². The van der Waals surface area contributed by atoms with Gasteiger partial charge in [0.25, 0.3) is 5.69 Å². The summed E-state index contributed by atoms with van der Waals surface area (Å²) in [5.41, 5.74) is 4.86. The van der Waals surface area contributed by atoms with E-state index in [1.54, 1.807) is 18.2 Å². The summed E-state index contributed by atoms with van der Waals surface area (Å²) in [6, 6.07) is 11.3. The second-order valence-corrected chi connectivity index (χ2v) is 8.54. The van der Waals surface area contributed by atoms with Crippen molar-refractivity contribution < 1.29 is 14.8 Å². The summed E-state index contributed by atoms with van der Waals surface area (Å²) in [4.78, 5) is 10.3. The summed E-state index contributed by atoms with van der Waals surface area (Å²) in [6.45, 7) is 4.84. The second kappa shape index (κ2) is 15.7. The number of phenols is 1. The molecule has 0 bridgehead atoms. The largest absolute Gasteiger partial charge is 0.507 e. The molecule has 2 aromatic rings. The summed E-state index contributed by atoms with van der Waals surface area (Å²) in [7, 11) is 0. The van der Waals surface area contributed by atoms with Crippen LogP contribution in [0.1, 0.15) is 90.0 Å². The normalized spacial score (nSPS) is 11.4. The Balaban J connectivity index is 1.75. The number of non-ortho nitro benzene ring substituents is 1. The number of ether oxygens (including phenoxy) is 1. The van der Waals surface area contributed by atoms with Crippen molar-refractivity contribution in [1.82, 2.24) is 0 Å². The topological polar surface area (TPSA) is 97.0 Å². The van der Waals surface area contributed by atoms with Gasteiger partial charge in [-0.15, -0.1) is 0 Å². The van der Waals surface area contributed by atoms with Crippen molar-refractivity contribution in [2.75, 3.05) is 12.0 Å². The van der Waals surface area contributed by atoms with E-state index in [2.05, 4.69) is 17.5 Å². The molecule has 0 aliphatic carbocycles. The number of hydrogen-bond donors (Lipinski definition) is 2. The third-order valence-electron chi connectivity index (χ3n) is 5.78. The molecule has 2 N–H and O–H groups in total. The van der Waals surface area contributed by atoms with Crippen LogP contribution in [0.5, 0.6) is 11.5 Å². The van der Waals surface area contributed by atoms with Crippen LogP contribution in [0.25, 0.3) is 0 Å². The van der Waals surface area contributed by atoms with Crippen LogP contribution in [0, 0.1) is 10.1 Å². The zero-order valence-corrected chi connectivity index (χ0v) is 20.6. The molecular weight excluding hydrogens is 430 g/mol. The number of hydrogen-bond acceptors (Lipinski definition) is 6. The van der Waals surface area contributed by atoms with Crippen LogP contribution in [0.3, 0.4) is 0 Å². The smallest absolute Gasteiger partial charge is 0.269 e. The molecule has 0 aromatic heterocycles. The fraction of sp³-hybridized carbons (Fsp3) is 0.519. The quantitative estimate of drug-likeness (QED) is 0.106. The molecule has 0 saturated heterocycles. The number of nitrogens with one attached hydrogen (secondary N) is 1. The molecule has 2 rings (SSSR count). The number of nitro groups is 1. The Labute approximate surface area is 203 Å². The van der Waals surface area contributed by atoms with Crippen molar-refractivity contribution in [3.05, 3.63) is 58.1 Å². The molecule has 0 unspecified atom stereocenters. The monoisotopic (exact) mass is 469 g/mol. The third kappa shape index (κ3) is 9.81. The fourth-order valence-corrected chi connectivity index (χ4v) is 3.74. The maximum Gasteiger partial charge on any atom is 0.269 e. The zero-order valence-electron chi connectivity index (χ0n) is 20.6. The summed E-state index contributed by atoms with van der Waals surface area (Å²) in [5.74, 6) is 0.766. The van der Waals surface area contributed by atoms with Gasteiger partial charge in [0.05, 0.1) is 22.9 Å². The van der Waals surface area contributed by atoms with E-state index in [4.69, 9.17) is 4.74 Å². The molecule has 34 heavy (non-hydrogen) atoms. The van der Waals surface area contributed by atoms with E-state index in [1.807, 2.05) is 19.1 Å². The van der Waals surface area contributed by atoms with E-state index >= 15 is 0 Å². The highest BCUT2D eigenvalue weighted by Gasteiger charge is 2.10. The van der Waals surface area contributed by atoms with Crippen molar-refractivity contribution in [2.24, 2.45) is 5.10 Å². The zero-order chi connectivity index (χ0) is 24.6. The van der Waals surface area contributed by atoms with E-state index in [0.29, 0.717) is 35.7 Å². The van der Waals surface area contributed by atoms with Gasteiger partial charge >= 0.3 is 0 Å². The summed E-state index contributed by atoms with van der Waals surface area (Å²) < 4.78 is 5.82. The minimum Gasteiger partial charge on any atom is -0.507 e. The van der Waals surface area contributed by atoms with E-state index in [-0.39, 0.29) is 11.4 Å². The van der Waals surface area contributed by atoms with E-state index in [1.165, 1.54) is 69.9 Å². The first kappa shape index (κ1) is 27.2. The van der Waals surface area contributed by atoms with Gasteiger partial charge in [0.1, 0.15) is 11.5 Å². The molecule has 0 heterocycles. The van der Waals surface area contributed by atoms with Gasteiger partial charge in [0.15, 0.2) is 0 Å². The number of benzene rings is 2. The van der Waals surface area contributed by atoms with Crippen LogP contribution in [0.15, 0.2) is 47.6 Å². The van der Waals surface area contributed by atoms with Crippen LogP contribution < -0.4 is 10.2 Å². The number of anilines is 1. The molecule has 0 radical (unpaired) electrons. The average molecular weight is 470 g/mol. The molecule has 0 aliphatic rings. The van der Waals surface area contributed by atoms with Crippen molar-refractivity contribution in [1.29, 1.82) is 0 Å². The van der Waals surface area contributed by atoms with Gasteiger partial charge in [-0.25, -0.2) is 0 Å². The number of nitro benzene ring substituents is 1. The van der Waals surface area contributed by atoms with Gasteiger partial charge in [-0.1, -0.05) is 71.6 Å². The Kier molecular flexibility index (Phi) is 12.5. The van der Waals surface area contributed by atoms with Crippen molar-refractivity contribution in [2.45, 2.75) is 84.5 Å². The minimum atomic E-state index is -0.442. The van der Waals surface area contributed by atoms with Crippen LogP contribution in [-0.4, -0.2) is 22.3 Å². The predicted molar refractivity (Wildman–Crippen MR) is 139 cm³/mol. The van der Waals surface area contributed by atoms with Gasteiger partial charge in [-0.3, -0.25) is 15.5 Å². The molecule has 0 atom stereocenters. The first-order valence-electron chi connectivity index (χ1n) is 12.6. The highest BCUT2D eigenvalue weighted by molar-refractivity contribution is 6.03. The molecule has 0 spiro atoms. The molecule has 2 aromatic carbocycles. The molecule has 7 heteroatoms. The first-order valence-corrected chi connectivity index (χ1v) is 12.6. The van der Waals surface area contributed by atoms with Gasteiger partial charge < -0.3 is 9.84 Å². The SMILES string of the molecule is CCCCCCCCCCCCOc1ccc(C(CC)=NNc2ccc([N+](=O)[O-])cc2)c(O)c1. The Morgan fingerprint density at radius 3 is 2.12 bits per heavy atom. The van der Waals surface area contributed by atoms with E-state index in [0.717, 1.165) is 6.42 Å². The number of rotatable bonds is 17. The second-order valence-electron chi connectivity index (χ2n) is 8.54. The summed E-state index contributed by atoms with van der Waals surface area (Å²) in [6.07, 6.45) is 13.4. The number of nitrogens with zero attached hydrogens (tertiary/aromatic N) is 2. The standard InChI is InChI=1S/C27H39N3O4/c1-3-5-6-7-8-9-10-11-12-13-20-34-24-18-19-25(27(31)21-24)26(4-2)29-28-22-14-16-23(17-15-22)30(32)33/h14-19,21,28,31H,3-13,20H2,1-2H3.